The Morgan fingerprint density at radius 1 is 1.19 bits per heavy atom. The van der Waals surface area contributed by atoms with E-state index in [4.69, 9.17) is 4.74 Å². The number of carbonyl (C=O) groups is 1. The zero-order valence-electron chi connectivity index (χ0n) is 16.0. The summed E-state index contributed by atoms with van der Waals surface area (Å²) in [5.74, 6) is 0.690. The maximum atomic E-state index is 12.2. The van der Waals surface area contributed by atoms with Gasteiger partial charge in [-0.3, -0.25) is 14.6 Å². The Morgan fingerprint density at radius 2 is 2.07 bits per heavy atom. The van der Waals surface area contributed by atoms with Crippen LogP contribution in [0.1, 0.15) is 18.4 Å². The highest BCUT2D eigenvalue weighted by molar-refractivity contribution is 5.80. The lowest BCUT2D eigenvalue weighted by atomic mass is 9.97. The molecule has 2 saturated heterocycles. The van der Waals surface area contributed by atoms with Gasteiger partial charge in [0.05, 0.1) is 19.8 Å². The molecule has 0 aliphatic carbocycles. The van der Waals surface area contributed by atoms with Gasteiger partial charge < -0.3 is 15.0 Å². The molecule has 1 aromatic heterocycles. The van der Waals surface area contributed by atoms with Gasteiger partial charge >= 0.3 is 0 Å². The van der Waals surface area contributed by atoms with Crippen LogP contribution >= 0.6 is 0 Å². The fraction of sp³-hybridized carbons (Fsp3) is 0.571. The molecule has 2 N–H and O–H groups in total. The molecule has 0 radical (unpaired) electrons. The molecular formula is C21H30N4O2. The molecule has 0 unspecified atom stereocenters. The van der Waals surface area contributed by atoms with Crippen LogP contribution in [-0.4, -0.2) is 73.2 Å². The summed E-state index contributed by atoms with van der Waals surface area (Å²) in [5, 5.41) is 4.43. The Bertz CT molecular complexity index is 753. The van der Waals surface area contributed by atoms with E-state index in [2.05, 4.69) is 44.4 Å². The van der Waals surface area contributed by atoms with Crippen LogP contribution in [0, 0.1) is 5.92 Å². The van der Waals surface area contributed by atoms with E-state index >= 15 is 0 Å². The van der Waals surface area contributed by atoms with E-state index in [1.54, 1.807) is 0 Å². The van der Waals surface area contributed by atoms with E-state index in [9.17, 15) is 4.79 Å². The highest BCUT2D eigenvalue weighted by atomic mass is 16.5. The minimum Gasteiger partial charge on any atom is -0.379 e. The molecule has 0 saturated carbocycles. The molecule has 2 fully saturated rings. The first-order chi connectivity index (χ1) is 13.3. The summed E-state index contributed by atoms with van der Waals surface area (Å²) in [6.45, 7) is 7.66. The predicted molar refractivity (Wildman–Crippen MR) is 107 cm³/mol. The Labute approximate surface area is 160 Å². The number of amides is 1. The van der Waals surface area contributed by atoms with Gasteiger partial charge in [-0.1, -0.05) is 6.07 Å². The van der Waals surface area contributed by atoms with Gasteiger partial charge in [-0.15, -0.1) is 0 Å². The number of rotatable bonds is 6. The van der Waals surface area contributed by atoms with E-state index < -0.39 is 0 Å². The van der Waals surface area contributed by atoms with E-state index in [-0.39, 0.29) is 5.91 Å². The molecule has 1 amide bonds. The summed E-state index contributed by atoms with van der Waals surface area (Å²) in [6, 6.07) is 8.78. The van der Waals surface area contributed by atoms with E-state index in [1.807, 2.05) is 6.20 Å². The molecular weight excluding hydrogens is 340 g/mol. The number of aromatic nitrogens is 1. The number of nitrogens with one attached hydrogen (secondary N) is 2. The fourth-order valence-electron chi connectivity index (χ4n) is 4.20. The number of piperidine rings is 1. The summed E-state index contributed by atoms with van der Waals surface area (Å²) >= 11 is 0. The van der Waals surface area contributed by atoms with Gasteiger partial charge in [-0.05, 0) is 54.5 Å². The molecule has 6 heteroatoms. The van der Waals surface area contributed by atoms with Crippen LogP contribution in [0.15, 0.2) is 30.5 Å². The molecule has 4 rings (SSSR count). The third-order valence-electron chi connectivity index (χ3n) is 5.69. The van der Waals surface area contributed by atoms with Crippen molar-refractivity contribution in [2.75, 3.05) is 52.5 Å². The summed E-state index contributed by atoms with van der Waals surface area (Å²) in [5.41, 5.74) is 2.55. The molecule has 0 spiro atoms. The highest BCUT2D eigenvalue weighted by Crippen LogP contribution is 2.20. The van der Waals surface area contributed by atoms with Crippen LogP contribution in [0.2, 0.25) is 0 Å². The van der Waals surface area contributed by atoms with Crippen molar-refractivity contribution in [2.45, 2.75) is 19.4 Å². The fourth-order valence-corrected chi connectivity index (χ4v) is 4.20. The molecule has 2 aromatic rings. The van der Waals surface area contributed by atoms with Crippen molar-refractivity contribution in [3.8, 4) is 0 Å². The van der Waals surface area contributed by atoms with Crippen LogP contribution in [0.5, 0.6) is 0 Å². The van der Waals surface area contributed by atoms with Crippen LogP contribution in [-0.2, 0) is 16.1 Å². The zero-order chi connectivity index (χ0) is 18.5. The zero-order valence-corrected chi connectivity index (χ0v) is 16.0. The van der Waals surface area contributed by atoms with Crippen molar-refractivity contribution in [1.82, 2.24) is 20.1 Å². The Hall–Kier alpha value is -1.89. The molecule has 2 aliphatic heterocycles. The lowest BCUT2D eigenvalue weighted by molar-refractivity contribution is -0.123. The second kappa shape index (κ2) is 8.87. The maximum absolute atomic E-state index is 12.2. The maximum Gasteiger partial charge on any atom is 0.234 e. The number of fused-ring (bicyclic) bond motifs is 1. The number of ether oxygens (including phenoxy) is 1. The van der Waals surface area contributed by atoms with Crippen molar-refractivity contribution in [3.63, 3.8) is 0 Å². The molecule has 2 aliphatic rings. The van der Waals surface area contributed by atoms with Crippen molar-refractivity contribution < 1.29 is 9.53 Å². The highest BCUT2D eigenvalue weighted by Gasteiger charge is 2.21. The van der Waals surface area contributed by atoms with Crippen molar-refractivity contribution >= 4 is 16.8 Å². The number of aromatic amines is 1. The Morgan fingerprint density at radius 3 is 2.96 bits per heavy atom. The van der Waals surface area contributed by atoms with E-state index in [1.165, 1.54) is 29.3 Å². The van der Waals surface area contributed by atoms with Gasteiger partial charge in [0.25, 0.3) is 0 Å². The predicted octanol–water partition coefficient (Wildman–Crippen LogP) is 1.83. The summed E-state index contributed by atoms with van der Waals surface area (Å²) in [7, 11) is 0. The molecule has 1 aromatic carbocycles. The first-order valence-electron chi connectivity index (χ1n) is 10.1. The monoisotopic (exact) mass is 370 g/mol. The molecule has 0 bridgehead atoms. The smallest absolute Gasteiger partial charge is 0.234 e. The number of likely N-dealkylation sites (tertiary alicyclic amines) is 1. The third kappa shape index (κ3) is 5.09. The largest absolute Gasteiger partial charge is 0.379 e. The van der Waals surface area contributed by atoms with E-state index in [0.717, 1.165) is 52.5 Å². The van der Waals surface area contributed by atoms with Crippen molar-refractivity contribution in [1.29, 1.82) is 0 Å². The first-order valence-corrected chi connectivity index (χ1v) is 10.1. The SMILES string of the molecule is O=C(CN1CCOCC1)NC[C@H]1CCCN(Cc2ccc3[nH]ccc3c2)C1. The number of H-pyrrole nitrogens is 1. The lowest BCUT2D eigenvalue weighted by Crippen LogP contribution is -2.45. The second-order valence-electron chi connectivity index (χ2n) is 7.84. The van der Waals surface area contributed by atoms with Crippen LogP contribution in [0.3, 0.4) is 0 Å². The topological polar surface area (TPSA) is 60.6 Å². The average molecular weight is 370 g/mol. The van der Waals surface area contributed by atoms with Crippen LogP contribution in [0.4, 0.5) is 0 Å². The van der Waals surface area contributed by atoms with Crippen LogP contribution < -0.4 is 5.32 Å². The first kappa shape index (κ1) is 18.5. The summed E-state index contributed by atoms with van der Waals surface area (Å²) in [4.78, 5) is 20.2. The standard InChI is InChI=1S/C21H30N4O2/c26-21(16-24-8-10-27-11-9-24)23-13-18-2-1-7-25(15-18)14-17-3-4-20-19(12-17)5-6-22-20/h3-6,12,18,22H,1-2,7-11,13-16H2,(H,23,26)/t18-/m1/s1. The minimum atomic E-state index is 0.145. The Kier molecular flexibility index (Phi) is 6.07. The summed E-state index contributed by atoms with van der Waals surface area (Å²) in [6.07, 6.45) is 4.40. The third-order valence-corrected chi connectivity index (χ3v) is 5.69. The van der Waals surface area contributed by atoms with E-state index in [0.29, 0.717) is 12.5 Å². The lowest BCUT2D eigenvalue weighted by Gasteiger charge is -2.33. The molecule has 3 heterocycles. The van der Waals surface area contributed by atoms with Gasteiger partial charge in [0.2, 0.25) is 5.91 Å². The minimum absolute atomic E-state index is 0.145. The number of benzene rings is 1. The number of hydrogen-bond donors (Lipinski definition) is 2. The molecule has 6 nitrogen and oxygen atoms in total. The number of hydrogen-bond acceptors (Lipinski definition) is 4. The second-order valence-corrected chi connectivity index (χ2v) is 7.84. The normalized spacial score (nSPS) is 22.1. The van der Waals surface area contributed by atoms with Gasteiger partial charge in [0.1, 0.15) is 0 Å². The van der Waals surface area contributed by atoms with Gasteiger partial charge in [-0.25, -0.2) is 0 Å². The number of carbonyl (C=O) groups excluding carboxylic acids is 1. The quantitative estimate of drug-likeness (QED) is 0.814. The van der Waals surface area contributed by atoms with Crippen molar-refractivity contribution in [2.24, 2.45) is 5.92 Å². The van der Waals surface area contributed by atoms with Gasteiger partial charge in [-0.2, -0.15) is 0 Å². The molecule has 1 atom stereocenters. The van der Waals surface area contributed by atoms with Crippen LogP contribution in [0.25, 0.3) is 10.9 Å². The number of morpholine rings is 1. The van der Waals surface area contributed by atoms with Crippen molar-refractivity contribution in [3.05, 3.63) is 36.0 Å². The summed E-state index contributed by atoms with van der Waals surface area (Å²) < 4.78 is 5.34. The molecule has 27 heavy (non-hydrogen) atoms. The van der Waals surface area contributed by atoms with Gasteiger partial charge in [0.15, 0.2) is 0 Å². The number of nitrogens with zero attached hydrogens (tertiary/aromatic N) is 2. The average Bonchev–Trinajstić information content (AvgIpc) is 3.15. The van der Waals surface area contributed by atoms with Gasteiger partial charge in [0, 0.05) is 44.4 Å². The molecule has 146 valence electrons. The Balaban J connectivity index is 1.23.